The molecule has 120 valence electrons. The molecule has 2 N–H and O–H groups in total. The van der Waals surface area contributed by atoms with Crippen LogP contribution in [0.2, 0.25) is 0 Å². The van der Waals surface area contributed by atoms with E-state index in [1.54, 1.807) is 25.5 Å². The van der Waals surface area contributed by atoms with Crippen molar-refractivity contribution in [3.8, 4) is 0 Å². The first-order valence-corrected chi connectivity index (χ1v) is 7.77. The van der Waals surface area contributed by atoms with Gasteiger partial charge in [0.25, 0.3) is 5.91 Å². The highest BCUT2D eigenvalue weighted by atomic mass is 16.1. The molecule has 1 aliphatic heterocycles. The SMILES string of the molecule is Cc1nc(C[C@H]2CCCN(c3ccncn3)C2)cc(C(N)=O)n1. The van der Waals surface area contributed by atoms with Gasteiger partial charge in [-0.3, -0.25) is 4.79 Å². The van der Waals surface area contributed by atoms with Crippen molar-refractivity contribution in [1.29, 1.82) is 0 Å². The maximum atomic E-state index is 11.3. The Bertz CT molecular complexity index is 690. The number of hydrogen-bond donors (Lipinski definition) is 1. The lowest BCUT2D eigenvalue weighted by molar-refractivity contribution is 0.0995. The van der Waals surface area contributed by atoms with Crippen molar-refractivity contribution in [2.24, 2.45) is 11.7 Å². The first-order chi connectivity index (χ1) is 11.1. The van der Waals surface area contributed by atoms with Crippen LogP contribution in [0.3, 0.4) is 0 Å². The highest BCUT2D eigenvalue weighted by Crippen LogP contribution is 2.23. The molecule has 1 saturated heterocycles. The molecule has 0 radical (unpaired) electrons. The minimum Gasteiger partial charge on any atom is -0.364 e. The van der Waals surface area contributed by atoms with Crippen LogP contribution in [0.5, 0.6) is 0 Å². The van der Waals surface area contributed by atoms with Gasteiger partial charge in [0.05, 0.1) is 0 Å². The molecule has 0 unspecified atom stereocenters. The predicted molar refractivity (Wildman–Crippen MR) is 86.0 cm³/mol. The second-order valence-electron chi connectivity index (χ2n) is 5.88. The lowest BCUT2D eigenvalue weighted by atomic mass is 9.93. The Hall–Kier alpha value is -2.57. The molecule has 0 saturated carbocycles. The molecule has 0 bridgehead atoms. The molecule has 1 atom stereocenters. The summed E-state index contributed by atoms with van der Waals surface area (Å²) in [7, 11) is 0. The Morgan fingerprint density at radius 1 is 1.43 bits per heavy atom. The number of amides is 1. The summed E-state index contributed by atoms with van der Waals surface area (Å²) in [6.07, 6.45) is 6.40. The highest BCUT2D eigenvalue weighted by molar-refractivity contribution is 5.90. The molecule has 2 aromatic rings. The molecule has 7 nitrogen and oxygen atoms in total. The second kappa shape index (κ2) is 6.68. The molecule has 0 aromatic carbocycles. The van der Waals surface area contributed by atoms with Crippen LogP contribution in [0, 0.1) is 12.8 Å². The van der Waals surface area contributed by atoms with Crippen LogP contribution in [0.15, 0.2) is 24.7 Å². The minimum atomic E-state index is -0.511. The number of carbonyl (C=O) groups is 1. The Morgan fingerprint density at radius 2 is 2.30 bits per heavy atom. The second-order valence-corrected chi connectivity index (χ2v) is 5.88. The Balaban J connectivity index is 1.72. The summed E-state index contributed by atoms with van der Waals surface area (Å²) >= 11 is 0. The van der Waals surface area contributed by atoms with Gasteiger partial charge in [-0.05, 0) is 44.2 Å². The van der Waals surface area contributed by atoms with Gasteiger partial charge >= 0.3 is 0 Å². The van der Waals surface area contributed by atoms with Gasteiger partial charge in [0.2, 0.25) is 0 Å². The fourth-order valence-electron chi connectivity index (χ4n) is 3.07. The first kappa shape index (κ1) is 15.3. The molecule has 0 aliphatic carbocycles. The summed E-state index contributed by atoms with van der Waals surface area (Å²) < 4.78 is 0. The molecule has 3 heterocycles. The monoisotopic (exact) mass is 312 g/mol. The number of anilines is 1. The third-order valence-corrected chi connectivity index (χ3v) is 4.05. The fraction of sp³-hybridized carbons (Fsp3) is 0.438. The van der Waals surface area contributed by atoms with Crippen molar-refractivity contribution in [1.82, 2.24) is 19.9 Å². The lowest BCUT2D eigenvalue weighted by Gasteiger charge is -2.33. The maximum Gasteiger partial charge on any atom is 0.267 e. The van der Waals surface area contributed by atoms with E-state index in [4.69, 9.17) is 5.73 Å². The van der Waals surface area contributed by atoms with Gasteiger partial charge in [-0.1, -0.05) is 0 Å². The molecule has 1 fully saturated rings. The average molecular weight is 312 g/mol. The smallest absolute Gasteiger partial charge is 0.267 e. The van der Waals surface area contributed by atoms with Crippen molar-refractivity contribution < 1.29 is 4.79 Å². The normalized spacial score (nSPS) is 18.0. The standard InChI is InChI=1S/C16H20N6O/c1-11-20-13(8-14(21-11)16(17)23)7-12-3-2-6-22(9-12)15-4-5-18-10-19-15/h4-5,8,10,12H,2-3,6-7,9H2,1H3,(H2,17,23)/t12-/m1/s1. The van der Waals surface area contributed by atoms with Crippen LogP contribution in [0.25, 0.3) is 0 Å². The third kappa shape index (κ3) is 3.80. The third-order valence-electron chi connectivity index (χ3n) is 4.05. The van der Waals surface area contributed by atoms with Crippen molar-refractivity contribution in [2.75, 3.05) is 18.0 Å². The van der Waals surface area contributed by atoms with Crippen molar-refractivity contribution in [2.45, 2.75) is 26.2 Å². The van der Waals surface area contributed by atoms with Gasteiger partial charge in [-0.15, -0.1) is 0 Å². The number of hydrogen-bond acceptors (Lipinski definition) is 6. The lowest BCUT2D eigenvalue weighted by Crippen LogP contribution is -2.37. The molecular weight excluding hydrogens is 292 g/mol. The van der Waals surface area contributed by atoms with E-state index in [-0.39, 0.29) is 5.69 Å². The molecule has 1 amide bonds. The summed E-state index contributed by atoms with van der Waals surface area (Å²) in [5.41, 5.74) is 6.49. The van der Waals surface area contributed by atoms with Crippen LogP contribution in [0.4, 0.5) is 5.82 Å². The number of primary amides is 1. The van der Waals surface area contributed by atoms with Gasteiger partial charge in [-0.2, -0.15) is 0 Å². The van der Waals surface area contributed by atoms with E-state index in [2.05, 4.69) is 24.8 Å². The van der Waals surface area contributed by atoms with Crippen molar-refractivity contribution in [3.05, 3.63) is 41.9 Å². The Morgan fingerprint density at radius 3 is 3.04 bits per heavy atom. The van der Waals surface area contributed by atoms with Crippen molar-refractivity contribution >= 4 is 11.7 Å². The van der Waals surface area contributed by atoms with E-state index < -0.39 is 5.91 Å². The van der Waals surface area contributed by atoms with Gasteiger partial charge in [0, 0.05) is 25.0 Å². The zero-order valence-corrected chi connectivity index (χ0v) is 13.1. The quantitative estimate of drug-likeness (QED) is 0.909. The maximum absolute atomic E-state index is 11.3. The number of nitrogens with zero attached hydrogens (tertiary/aromatic N) is 5. The van der Waals surface area contributed by atoms with E-state index in [0.29, 0.717) is 11.7 Å². The number of aryl methyl sites for hydroxylation is 1. The van der Waals surface area contributed by atoms with E-state index in [0.717, 1.165) is 43.9 Å². The molecule has 0 spiro atoms. The largest absolute Gasteiger partial charge is 0.364 e. The molecule has 7 heteroatoms. The van der Waals surface area contributed by atoms with Crippen LogP contribution in [-0.2, 0) is 6.42 Å². The van der Waals surface area contributed by atoms with Gasteiger partial charge in [0.1, 0.15) is 23.7 Å². The van der Waals surface area contributed by atoms with E-state index in [1.165, 1.54) is 0 Å². The molecule has 23 heavy (non-hydrogen) atoms. The number of carbonyl (C=O) groups excluding carboxylic acids is 1. The average Bonchev–Trinajstić information content (AvgIpc) is 2.55. The summed E-state index contributed by atoms with van der Waals surface area (Å²) in [6.45, 7) is 3.71. The van der Waals surface area contributed by atoms with Gasteiger partial charge in [0.15, 0.2) is 0 Å². The molecule has 1 aliphatic rings. The van der Waals surface area contributed by atoms with Gasteiger partial charge < -0.3 is 10.6 Å². The molecule has 3 rings (SSSR count). The molecule has 2 aromatic heterocycles. The van der Waals surface area contributed by atoms with Crippen LogP contribution in [-0.4, -0.2) is 38.9 Å². The van der Waals surface area contributed by atoms with Crippen LogP contribution >= 0.6 is 0 Å². The predicted octanol–water partition coefficient (Wildman–Crippen LogP) is 1.13. The summed E-state index contributed by atoms with van der Waals surface area (Å²) in [5.74, 6) is 1.50. The zero-order chi connectivity index (χ0) is 16.2. The Labute approximate surface area is 135 Å². The van der Waals surface area contributed by atoms with Crippen LogP contribution in [0.1, 0.15) is 34.8 Å². The zero-order valence-electron chi connectivity index (χ0n) is 13.1. The van der Waals surface area contributed by atoms with E-state index in [1.807, 2.05) is 6.07 Å². The van der Waals surface area contributed by atoms with Crippen molar-refractivity contribution in [3.63, 3.8) is 0 Å². The number of nitrogens with two attached hydrogens (primary N) is 1. The minimum absolute atomic E-state index is 0.288. The number of piperidine rings is 1. The first-order valence-electron chi connectivity index (χ1n) is 7.77. The topological polar surface area (TPSA) is 97.9 Å². The van der Waals surface area contributed by atoms with Crippen LogP contribution < -0.4 is 10.6 Å². The fourth-order valence-corrected chi connectivity index (χ4v) is 3.07. The van der Waals surface area contributed by atoms with E-state index in [9.17, 15) is 4.79 Å². The van der Waals surface area contributed by atoms with E-state index >= 15 is 0 Å². The number of rotatable bonds is 4. The summed E-state index contributed by atoms with van der Waals surface area (Å²) in [6, 6.07) is 3.64. The highest BCUT2D eigenvalue weighted by Gasteiger charge is 2.22. The van der Waals surface area contributed by atoms with Gasteiger partial charge in [-0.25, -0.2) is 19.9 Å². The Kier molecular flexibility index (Phi) is 4.45. The summed E-state index contributed by atoms with van der Waals surface area (Å²) in [5, 5.41) is 0. The number of aromatic nitrogens is 4. The summed E-state index contributed by atoms with van der Waals surface area (Å²) in [4.78, 5) is 30.4. The molecular formula is C16H20N6O.